The van der Waals surface area contributed by atoms with Crippen molar-refractivity contribution in [2.24, 2.45) is 0 Å². The second kappa shape index (κ2) is 6.28. The van der Waals surface area contributed by atoms with E-state index in [0.29, 0.717) is 5.56 Å². The highest BCUT2D eigenvalue weighted by Gasteiger charge is 2.20. The van der Waals surface area contributed by atoms with Crippen LogP contribution < -0.4 is 0 Å². The zero-order valence-corrected chi connectivity index (χ0v) is 11.0. The molecule has 0 saturated heterocycles. The maximum absolute atomic E-state index is 12.9. The van der Waals surface area contributed by atoms with Crippen LogP contribution in [0.25, 0.3) is 0 Å². The highest BCUT2D eigenvalue weighted by atomic mass is 19.1. The third-order valence-corrected chi connectivity index (χ3v) is 3.22. The highest BCUT2D eigenvalue weighted by Crippen LogP contribution is 2.25. The number of carbonyl (C=O) groups is 1. The van der Waals surface area contributed by atoms with Gasteiger partial charge in [0.1, 0.15) is 5.82 Å². The predicted octanol–water partition coefficient (Wildman–Crippen LogP) is 4.59. The van der Waals surface area contributed by atoms with Gasteiger partial charge in [-0.3, -0.25) is 4.79 Å². The molecule has 0 heterocycles. The molecule has 1 nitrogen and oxygen atoms in total. The number of Topliss-reactive ketones (excluding diaryl/α,β-unsaturated/α-hetero) is 1. The van der Waals surface area contributed by atoms with E-state index in [4.69, 9.17) is 0 Å². The van der Waals surface area contributed by atoms with Gasteiger partial charge in [-0.25, -0.2) is 4.39 Å². The first-order valence-corrected chi connectivity index (χ1v) is 6.57. The van der Waals surface area contributed by atoms with Crippen molar-refractivity contribution in [3.05, 3.63) is 71.5 Å². The van der Waals surface area contributed by atoms with Gasteiger partial charge in [-0.2, -0.15) is 0 Å². The van der Waals surface area contributed by atoms with Gasteiger partial charge in [-0.05, 0) is 36.2 Å². The molecular formula is C17H17FO. The molecule has 0 N–H and O–H groups in total. The Balaban J connectivity index is 2.29. The Hall–Kier alpha value is -1.96. The summed E-state index contributed by atoms with van der Waals surface area (Å²) in [5.74, 6) is -0.395. The quantitative estimate of drug-likeness (QED) is 0.715. The van der Waals surface area contributed by atoms with E-state index in [2.05, 4.69) is 6.92 Å². The third kappa shape index (κ3) is 3.28. The van der Waals surface area contributed by atoms with Gasteiger partial charge in [-0.1, -0.05) is 43.7 Å². The molecule has 0 aliphatic carbocycles. The standard InChI is InChI=1S/C17H17FO/c1-2-6-16(13-7-4-3-5-8-13)17(19)14-9-11-15(18)12-10-14/h3-5,7-12,16H,2,6H2,1H3. The number of ketones is 1. The molecule has 19 heavy (non-hydrogen) atoms. The fourth-order valence-electron chi connectivity index (χ4n) is 2.24. The van der Waals surface area contributed by atoms with Crippen molar-refractivity contribution in [3.63, 3.8) is 0 Å². The average molecular weight is 256 g/mol. The molecule has 2 rings (SSSR count). The van der Waals surface area contributed by atoms with Crippen molar-refractivity contribution in [1.29, 1.82) is 0 Å². The lowest BCUT2D eigenvalue weighted by molar-refractivity contribution is 0.0954. The van der Waals surface area contributed by atoms with Crippen molar-refractivity contribution in [2.75, 3.05) is 0 Å². The first-order valence-electron chi connectivity index (χ1n) is 6.57. The van der Waals surface area contributed by atoms with Gasteiger partial charge in [0.2, 0.25) is 0 Å². The first-order chi connectivity index (χ1) is 9.22. The van der Waals surface area contributed by atoms with Gasteiger partial charge >= 0.3 is 0 Å². The molecule has 0 spiro atoms. The minimum atomic E-state index is -0.316. The summed E-state index contributed by atoms with van der Waals surface area (Å²) in [6.45, 7) is 2.06. The molecule has 0 bridgehead atoms. The van der Waals surface area contributed by atoms with Crippen LogP contribution in [0, 0.1) is 5.82 Å². The normalized spacial score (nSPS) is 12.1. The van der Waals surface area contributed by atoms with Gasteiger partial charge in [0.25, 0.3) is 0 Å². The van der Waals surface area contributed by atoms with Gasteiger partial charge in [-0.15, -0.1) is 0 Å². The summed E-state index contributed by atoms with van der Waals surface area (Å²) < 4.78 is 12.9. The Morgan fingerprint density at radius 2 is 1.68 bits per heavy atom. The van der Waals surface area contributed by atoms with Crippen LogP contribution in [0.4, 0.5) is 4.39 Å². The van der Waals surface area contributed by atoms with Crippen molar-refractivity contribution in [3.8, 4) is 0 Å². The lowest BCUT2D eigenvalue weighted by atomic mass is 9.87. The van der Waals surface area contributed by atoms with Gasteiger partial charge in [0.05, 0.1) is 0 Å². The summed E-state index contributed by atoms with van der Waals surface area (Å²) in [4.78, 5) is 12.5. The topological polar surface area (TPSA) is 17.1 Å². The van der Waals surface area contributed by atoms with Gasteiger partial charge in [0.15, 0.2) is 5.78 Å². The number of halogens is 1. The Morgan fingerprint density at radius 1 is 1.05 bits per heavy atom. The van der Waals surface area contributed by atoms with E-state index in [1.54, 1.807) is 12.1 Å². The van der Waals surface area contributed by atoms with Crippen molar-refractivity contribution >= 4 is 5.78 Å². The van der Waals surface area contributed by atoms with Crippen LogP contribution in [0.3, 0.4) is 0 Å². The summed E-state index contributed by atoms with van der Waals surface area (Å²) >= 11 is 0. The zero-order valence-electron chi connectivity index (χ0n) is 11.0. The molecule has 2 heteroatoms. The molecule has 0 aliphatic heterocycles. The molecule has 98 valence electrons. The largest absolute Gasteiger partial charge is 0.293 e. The van der Waals surface area contributed by atoms with E-state index in [1.807, 2.05) is 30.3 Å². The van der Waals surface area contributed by atoms with Crippen LogP contribution in [0.15, 0.2) is 54.6 Å². The molecule has 2 aromatic rings. The van der Waals surface area contributed by atoms with Crippen molar-refractivity contribution < 1.29 is 9.18 Å². The molecule has 0 aliphatic rings. The first kappa shape index (κ1) is 13.5. The summed E-state index contributed by atoms with van der Waals surface area (Å²) in [5.41, 5.74) is 1.60. The molecule has 0 fully saturated rings. The Morgan fingerprint density at radius 3 is 2.26 bits per heavy atom. The minimum Gasteiger partial charge on any atom is -0.293 e. The Bertz CT molecular complexity index is 531. The van der Waals surface area contributed by atoms with Crippen molar-refractivity contribution in [2.45, 2.75) is 25.7 Å². The Labute approximate surface area is 113 Å². The molecular weight excluding hydrogens is 239 g/mol. The smallest absolute Gasteiger partial charge is 0.170 e. The maximum Gasteiger partial charge on any atom is 0.170 e. The number of benzene rings is 2. The van der Waals surface area contributed by atoms with E-state index in [1.165, 1.54) is 12.1 Å². The molecule has 0 saturated carbocycles. The Kier molecular flexibility index (Phi) is 4.45. The van der Waals surface area contributed by atoms with E-state index in [9.17, 15) is 9.18 Å². The molecule has 0 radical (unpaired) electrons. The average Bonchev–Trinajstić information content (AvgIpc) is 2.46. The van der Waals surface area contributed by atoms with Crippen molar-refractivity contribution in [1.82, 2.24) is 0 Å². The van der Waals surface area contributed by atoms with E-state index in [-0.39, 0.29) is 17.5 Å². The molecule has 2 aromatic carbocycles. The van der Waals surface area contributed by atoms with Crippen LogP contribution in [-0.2, 0) is 0 Å². The number of rotatable bonds is 5. The summed E-state index contributed by atoms with van der Waals surface area (Å²) in [6.07, 6.45) is 1.74. The number of carbonyl (C=O) groups excluding carboxylic acids is 1. The van der Waals surface area contributed by atoms with Gasteiger partial charge in [0, 0.05) is 11.5 Å². The predicted molar refractivity (Wildman–Crippen MR) is 74.8 cm³/mol. The van der Waals surface area contributed by atoms with Crippen LogP contribution in [0.1, 0.15) is 41.6 Å². The minimum absolute atomic E-state index is 0.0630. The van der Waals surface area contributed by atoms with E-state index >= 15 is 0 Å². The van der Waals surface area contributed by atoms with Crippen LogP contribution in [0.5, 0.6) is 0 Å². The highest BCUT2D eigenvalue weighted by molar-refractivity contribution is 6.00. The third-order valence-electron chi connectivity index (χ3n) is 3.22. The lowest BCUT2D eigenvalue weighted by Crippen LogP contribution is -2.13. The number of hydrogen-bond acceptors (Lipinski definition) is 1. The van der Waals surface area contributed by atoms with Crippen LogP contribution in [-0.4, -0.2) is 5.78 Å². The number of hydrogen-bond donors (Lipinski definition) is 0. The lowest BCUT2D eigenvalue weighted by Gasteiger charge is -2.15. The molecule has 1 unspecified atom stereocenters. The molecule has 0 amide bonds. The molecule has 1 atom stereocenters. The SMILES string of the molecule is CCCC(C(=O)c1ccc(F)cc1)c1ccccc1. The fraction of sp³-hybridized carbons (Fsp3) is 0.235. The van der Waals surface area contributed by atoms with E-state index < -0.39 is 0 Å². The second-order valence-electron chi connectivity index (χ2n) is 4.62. The maximum atomic E-state index is 12.9. The van der Waals surface area contributed by atoms with Crippen LogP contribution >= 0.6 is 0 Å². The summed E-state index contributed by atoms with van der Waals surface area (Å²) in [7, 11) is 0. The fourth-order valence-corrected chi connectivity index (χ4v) is 2.24. The summed E-state index contributed by atoms with van der Waals surface area (Å²) in [5, 5.41) is 0. The molecule has 0 aromatic heterocycles. The van der Waals surface area contributed by atoms with E-state index in [0.717, 1.165) is 18.4 Å². The van der Waals surface area contributed by atoms with Crippen LogP contribution in [0.2, 0.25) is 0 Å². The van der Waals surface area contributed by atoms with Gasteiger partial charge < -0.3 is 0 Å². The summed E-state index contributed by atoms with van der Waals surface area (Å²) in [6, 6.07) is 15.6. The zero-order chi connectivity index (χ0) is 13.7. The second-order valence-corrected chi connectivity index (χ2v) is 4.62. The monoisotopic (exact) mass is 256 g/mol.